The van der Waals surface area contributed by atoms with Gasteiger partial charge in [-0.15, -0.1) is 0 Å². The van der Waals surface area contributed by atoms with Gasteiger partial charge in [0.15, 0.2) is 4.80 Å². The number of phenols is 1. The molecule has 0 spiro atoms. The molecule has 2 heterocycles. The maximum atomic E-state index is 13.6. The van der Waals surface area contributed by atoms with Gasteiger partial charge >= 0.3 is 5.97 Å². The molecule has 3 aromatic rings. The molecular formula is C23H17BrCl2N2O5S. The van der Waals surface area contributed by atoms with Crippen molar-refractivity contribution in [3.63, 3.8) is 0 Å². The minimum Gasteiger partial charge on any atom is -0.506 e. The number of allylic oxidation sites excluding steroid dienone is 1. The summed E-state index contributed by atoms with van der Waals surface area (Å²) in [4.78, 5) is 31.3. The van der Waals surface area contributed by atoms with Gasteiger partial charge < -0.3 is 14.6 Å². The van der Waals surface area contributed by atoms with Crippen LogP contribution in [0.2, 0.25) is 10.0 Å². The van der Waals surface area contributed by atoms with Crippen LogP contribution in [0, 0.1) is 0 Å². The first-order chi connectivity index (χ1) is 16.2. The third-order valence-corrected chi connectivity index (χ3v) is 7.22. The van der Waals surface area contributed by atoms with Gasteiger partial charge in [0.25, 0.3) is 5.56 Å². The van der Waals surface area contributed by atoms with Crippen LogP contribution < -0.4 is 19.6 Å². The van der Waals surface area contributed by atoms with E-state index in [1.54, 1.807) is 37.3 Å². The summed E-state index contributed by atoms with van der Waals surface area (Å²) in [7, 11) is 2.75. The summed E-state index contributed by atoms with van der Waals surface area (Å²) in [5, 5.41) is 10.9. The van der Waals surface area contributed by atoms with Gasteiger partial charge in [-0.2, -0.15) is 0 Å². The molecule has 2 aromatic carbocycles. The first-order valence-corrected chi connectivity index (χ1v) is 12.1. The van der Waals surface area contributed by atoms with Crippen molar-refractivity contribution in [2.45, 2.75) is 13.0 Å². The normalized spacial score (nSPS) is 15.7. The number of nitrogens with zero attached hydrogens (tertiary/aromatic N) is 2. The summed E-state index contributed by atoms with van der Waals surface area (Å²) >= 11 is 16.8. The van der Waals surface area contributed by atoms with E-state index < -0.39 is 17.6 Å². The summed E-state index contributed by atoms with van der Waals surface area (Å²) in [6.45, 7) is 1.67. The molecule has 34 heavy (non-hydrogen) atoms. The Kier molecular flexibility index (Phi) is 6.91. The highest BCUT2D eigenvalue weighted by atomic mass is 79.9. The van der Waals surface area contributed by atoms with Crippen molar-refractivity contribution >= 4 is 62.5 Å². The van der Waals surface area contributed by atoms with Crippen LogP contribution in [0.1, 0.15) is 24.1 Å². The summed E-state index contributed by atoms with van der Waals surface area (Å²) in [5.74, 6) is -0.342. The molecule has 11 heteroatoms. The van der Waals surface area contributed by atoms with Gasteiger partial charge in [-0.25, -0.2) is 9.79 Å². The van der Waals surface area contributed by atoms with Crippen LogP contribution in [0.3, 0.4) is 0 Å². The molecule has 1 aromatic heterocycles. The van der Waals surface area contributed by atoms with E-state index in [0.29, 0.717) is 36.9 Å². The summed E-state index contributed by atoms with van der Waals surface area (Å²) in [6, 6.07) is 7.26. The minimum absolute atomic E-state index is 0.138. The number of thiazole rings is 1. The number of ether oxygens (including phenoxy) is 2. The Morgan fingerprint density at radius 1 is 1.26 bits per heavy atom. The molecule has 0 aliphatic carbocycles. The quantitative estimate of drug-likeness (QED) is 0.465. The lowest BCUT2D eigenvalue weighted by Gasteiger charge is -2.25. The fourth-order valence-electron chi connectivity index (χ4n) is 3.74. The van der Waals surface area contributed by atoms with Gasteiger partial charge in [-0.3, -0.25) is 9.36 Å². The zero-order chi connectivity index (χ0) is 24.7. The molecule has 0 saturated carbocycles. The molecule has 0 fully saturated rings. The van der Waals surface area contributed by atoms with E-state index in [1.165, 1.54) is 24.9 Å². The second kappa shape index (κ2) is 9.58. The van der Waals surface area contributed by atoms with E-state index in [4.69, 9.17) is 32.7 Å². The molecule has 7 nitrogen and oxygen atoms in total. The SMILES string of the molecule is COC(=O)C1=C(C)N=c2s/c(=C\c3cc(Br)cc(Cl)c3O)c(=O)n2[C@@H]1c1cc(Cl)ccc1OC. The zero-order valence-electron chi connectivity index (χ0n) is 18.1. The van der Waals surface area contributed by atoms with Gasteiger partial charge in [0.2, 0.25) is 0 Å². The highest BCUT2D eigenvalue weighted by Crippen LogP contribution is 2.37. The predicted molar refractivity (Wildman–Crippen MR) is 135 cm³/mol. The van der Waals surface area contributed by atoms with E-state index in [-0.39, 0.29) is 20.9 Å². The Labute approximate surface area is 216 Å². The molecule has 0 amide bonds. The first kappa shape index (κ1) is 24.5. The van der Waals surface area contributed by atoms with Crippen LogP contribution >= 0.6 is 50.5 Å². The van der Waals surface area contributed by atoms with Crippen molar-refractivity contribution in [1.29, 1.82) is 0 Å². The maximum Gasteiger partial charge on any atom is 0.338 e. The smallest absolute Gasteiger partial charge is 0.338 e. The van der Waals surface area contributed by atoms with E-state index in [0.717, 1.165) is 11.3 Å². The number of esters is 1. The molecule has 176 valence electrons. The summed E-state index contributed by atoms with van der Waals surface area (Å²) < 4.78 is 12.9. The van der Waals surface area contributed by atoms with E-state index in [1.807, 2.05) is 0 Å². The number of aromatic nitrogens is 1. The maximum absolute atomic E-state index is 13.6. The first-order valence-electron chi connectivity index (χ1n) is 9.78. The summed E-state index contributed by atoms with van der Waals surface area (Å²) in [5.41, 5.74) is 1.03. The predicted octanol–water partition coefficient (Wildman–Crippen LogP) is 4.19. The lowest BCUT2D eigenvalue weighted by molar-refractivity contribution is -0.136. The standard InChI is InChI=1S/C23H17BrCl2N2O5S/c1-10-18(22(31)33-3)19(14-9-13(25)4-5-16(14)32-2)28-21(30)17(34-23(28)27-10)7-11-6-12(24)8-15(26)20(11)29/h4-9,19,29H,1-3H3/b17-7-/t19-/m1/s1. The van der Waals surface area contributed by atoms with Crippen molar-refractivity contribution in [1.82, 2.24) is 4.57 Å². The second-order valence-corrected chi connectivity index (χ2v) is 10.1. The van der Waals surface area contributed by atoms with Crippen molar-refractivity contribution < 1.29 is 19.4 Å². The fraction of sp³-hybridized carbons (Fsp3) is 0.174. The zero-order valence-corrected chi connectivity index (χ0v) is 22.0. The Morgan fingerprint density at radius 2 is 2.00 bits per heavy atom. The molecule has 1 aliphatic heterocycles. The number of carbonyl (C=O) groups is 1. The monoisotopic (exact) mass is 582 g/mol. The lowest BCUT2D eigenvalue weighted by Crippen LogP contribution is -2.40. The third kappa shape index (κ3) is 4.29. The van der Waals surface area contributed by atoms with Gasteiger partial charge in [0, 0.05) is 20.6 Å². The van der Waals surface area contributed by atoms with Gasteiger partial charge in [0.1, 0.15) is 17.5 Å². The van der Waals surface area contributed by atoms with Crippen molar-refractivity contribution in [3.8, 4) is 11.5 Å². The highest BCUT2D eigenvalue weighted by molar-refractivity contribution is 9.10. The molecule has 0 unspecified atom stereocenters. The highest BCUT2D eigenvalue weighted by Gasteiger charge is 2.35. The second-order valence-electron chi connectivity index (χ2n) is 7.29. The van der Waals surface area contributed by atoms with Crippen molar-refractivity contribution in [2.24, 2.45) is 4.99 Å². The number of fused-ring (bicyclic) bond motifs is 1. The minimum atomic E-state index is -0.890. The molecule has 1 N–H and O–H groups in total. The fourth-order valence-corrected chi connectivity index (χ4v) is 5.79. The van der Waals surface area contributed by atoms with Crippen LogP contribution in [0.5, 0.6) is 11.5 Å². The van der Waals surface area contributed by atoms with Gasteiger partial charge in [-0.1, -0.05) is 50.5 Å². The largest absolute Gasteiger partial charge is 0.506 e. The Morgan fingerprint density at radius 3 is 2.68 bits per heavy atom. The molecule has 1 atom stereocenters. The molecule has 0 bridgehead atoms. The van der Waals surface area contributed by atoms with Crippen LogP contribution in [0.4, 0.5) is 0 Å². The van der Waals surface area contributed by atoms with Crippen LogP contribution in [-0.4, -0.2) is 29.9 Å². The number of methoxy groups -OCH3 is 2. The number of benzene rings is 2. The Bertz CT molecular complexity index is 1540. The average molecular weight is 584 g/mol. The molecular weight excluding hydrogens is 567 g/mol. The lowest BCUT2D eigenvalue weighted by atomic mass is 9.95. The average Bonchev–Trinajstić information content (AvgIpc) is 3.10. The topological polar surface area (TPSA) is 90.1 Å². The number of phenolic OH excluding ortho intramolecular Hbond substituents is 1. The molecule has 4 rings (SSSR count). The molecule has 0 saturated heterocycles. The van der Waals surface area contributed by atoms with Gasteiger partial charge in [0.05, 0.1) is 35.0 Å². The van der Waals surface area contributed by atoms with E-state index in [2.05, 4.69) is 20.9 Å². The number of hydrogen-bond acceptors (Lipinski definition) is 7. The number of aromatic hydroxyl groups is 1. The molecule has 0 radical (unpaired) electrons. The van der Waals surface area contributed by atoms with Gasteiger partial charge in [-0.05, 0) is 43.3 Å². The van der Waals surface area contributed by atoms with Crippen LogP contribution in [0.15, 0.2) is 55.9 Å². The number of carbonyl (C=O) groups excluding carboxylic acids is 1. The van der Waals surface area contributed by atoms with Crippen molar-refractivity contribution in [2.75, 3.05) is 14.2 Å². The van der Waals surface area contributed by atoms with Crippen molar-refractivity contribution in [3.05, 3.63) is 86.9 Å². The number of halogens is 3. The van der Waals surface area contributed by atoms with Crippen LogP contribution in [0.25, 0.3) is 6.08 Å². The van der Waals surface area contributed by atoms with E-state index in [9.17, 15) is 14.7 Å². The summed E-state index contributed by atoms with van der Waals surface area (Å²) in [6.07, 6.45) is 1.53. The Hall–Kier alpha value is -2.59. The molecule has 1 aliphatic rings. The number of rotatable bonds is 4. The number of hydrogen-bond donors (Lipinski definition) is 1. The van der Waals surface area contributed by atoms with E-state index >= 15 is 0 Å². The third-order valence-electron chi connectivity index (χ3n) is 5.26. The Balaban J connectivity index is 2.05. The van der Waals surface area contributed by atoms with Crippen LogP contribution in [-0.2, 0) is 9.53 Å².